The standard InChI is InChI=1S/C20H21F4N3O3/c21-14-3-2-12(6-15(14)22)16-7-13(10-28)17(9-25-16)27-5-1-4-20(11-27,8-18(23)24)26-19(29)30/h2-3,6-7,9,18,26,28H,1,4-5,8,10-11H2,(H,29,30). The average molecular weight is 427 g/mol. The van der Waals surface area contributed by atoms with Gasteiger partial charge in [-0.05, 0) is 37.1 Å². The Morgan fingerprint density at radius 2 is 2.03 bits per heavy atom. The van der Waals surface area contributed by atoms with Gasteiger partial charge in [0, 0.05) is 30.6 Å². The lowest BCUT2D eigenvalue weighted by molar-refractivity contribution is 0.0819. The Morgan fingerprint density at radius 1 is 1.27 bits per heavy atom. The number of hydrogen-bond acceptors (Lipinski definition) is 4. The molecule has 1 aromatic carbocycles. The molecule has 0 spiro atoms. The number of piperidine rings is 1. The molecule has 1 unspecified atom stereocenters. The number of anilines is 1. The molecule has 2 aromatic rings. The molecule has 162 valence electrons. The molecule has 2 heterocycles. The van der Waals surface area contributed by atoms with Gasteiger partial charge >= 0.3 is 6.09 Å². The highest BCUT2D eigenvalue weighted by Crippen LogP contribution is 2.33. The summed E-state index contributed by atoms with van der Waals surface area (Å²) >= 11 is 0. The van der Waals surface area contributed by atoms with Crippen LogP contribution < -0.4 is 10.2 Å². The van der Waals surface area contributed by atoms with Crippen molar-refractivity contribution < 1.29 is 32.6 Å². The van der Waals surface area contributed by atoms with Crippen molar-refractivity contribution in [3.63, 3.8) is 0 Å². The van der Waals surface area contributed by atoms with Crippen molar-refractivity contribution in [2.24, 2.45) is 0 Å². The van der Waals surface area contributed by atoms with Crippen LogP contribution in [0.5, 0.6) is 0 Å². The number of carbonyl (C=O) groups is 1. The molecule has 1 atom stereocenters. The molecule has 1 fully saturated rings. The van der Waals surface area contributed by atoms with Gasteiger partial charge in [0.1, 0.15) is 0 Å². The van der Waals surface area contributed by atoms with E-state index in [0.29, 0.717) is 35.5 Å². The van der Waals surface area contributed by atoms with Gasteiger partial charge in [-0.3, -0.25) is 4.98 Å². The van der Waals surface area contributed by atoms with Gasteiger partial charge in [-0.15, -0.1) is 0 Å². The zero-order valence-electron chi connectivity index (χ0n) is 15.9. The summed E-state index contributed by atoms with van der Waals surface area (Å²) in [7, 11) is 0. The zero-order valence-corrected chi connectivity index (χ0v) is 15.9. The Balaban J connectivity index is 1.92. The molecule has 0 aliphatic carbocycles. The van der Waals surface area contributed by atoms with Gasteiger partial charge in [-0.2, -0.15) is 0 Å². The Morgan fingerprint density at radius 3 is 2.67 bits per heavy atom. The van der Waals surface area contributed by atoms with Crippen LogP contribution in [0.15, 0.2) is 30.5 Å². The van der Waals surface area contributed by atoms with Crippen molar-refractivity contribution >= 4 is 11.8 Å². The number of hydrogen-bond donors (Lipinski definition) is 3. The highest BCUT2D eigenvalue weighted by atomic mass is 19.3. The Hall–Kier alpha value is -2.88. The molecular formula is C20H21F4N3O3. The summed E-state index contributed by atoms with van der Waals surface area (Å²) in [6.45, 7) is 0.0492. The highest BCUT2D eigenvalue weighted by molar-refractivity contribution is 5.67. The fourth-order valence-electron chi connectivity index (χ4n) is 3.89. The van der Waals surface area contributed by atoms with E-state index in [2.05, 4.69) is 10.3 Å². The van der Waals surface area contributed by atoms with E-state index >= 15 is 0 Å². The van der Waals surface area contributed by atoms with Crippen LogP contribution in [0.1, 0.15) is 24.8 Å². The SMILES string of the molecule is O=C(O)NC1(CC(F)F)CCCN(c2cnc(-c3ccc(F)c(F)c3)cc2CO)C1. The number of benzene rings is 1. The molecule has 3 rings (SSSR count). The second-order valence-electron chi connectivity index (χ2n) is 7.32. The third-order valence-corrected chi connectivity index (χ3v) is 5.19. The number of aliphatic hydroxyl groups excluding tert-OH is 1. The van der Waals surface area contributed by atoms with E-state index < -0.39 is 42.7 Å². The van der Waals surface area contributed by atoms with E-state index in [4.69, 9.17) is 5.11 Å². The summed E-state index contributed by atoms with van der Waals surface area (Å²) in [5, 5.41) is 21.2. The van der Waals surface area contributed by atoms with Crippen molar-refractivity contribution in [2.75, 3.05) is 18.0 Å². The predicted molar refractivity (Wildman–Crippen MR) is 101 cm³/mol. The molecule has 3 N–H and O–H groups in total. The monoisotopic (exact) mass is 427 g/mol. The van der Waals surface area contributed by atoms with E-state index in [1.165, 1.54) is 18.3 Å². The Kier molecular flexibility index (Phi) is 6.45. The number of rotatable bonds is 6. The average Bonchev–Trinajstić information content (AvgIpc) is 2.68. The number of aromatic nitrogens is 1. The number of halogens is 4. The molecular weight excluding hydrogens is 406 g/mol. The lowest BCUT2D eigenvalue weighted by Crippen LogP contribution is -2.59. The molecule has 0 saturated carbocycles. The first-order valence-corrected chi connectivity index (χ1v) is 9.32. The molecule has 1 aromatic heterocycles. The summed E-state index contributed by atoms with van der Waals surface area (Å²) in [6, 6.07) is 4.83. The lowest BCUT2D eigenvalue weighted by Gasteiger charge is -2.44. The number of nitrogens with one attached hydrogen (secondary N) is 1. The van der Waals surface area contributed by atoms with Crippen LogP contribution in [-0.2, 0) is 6.61 Å². The maximum absolute atomic E-state index is 13.5. The fourth-order valence-corrected chi connectivity index (χ4v) is 3.89. The largest absolute Gasteiger partial charge is 0.465 e. The smallest absolute Gasteiger partial charge is 0.405 e. The zero-order chi connectivity index (χ0) is 21.9. The van der Waals surface area contributed by atoms with Gasteiger partial charge in [-0.25, -0.2) is 22.4 Å². The second-order valence-corrected chi connectivity index (χ2v) is 7.32. The van der Waals surface area contributed by atoms with Crippen LogP contribution in [0.3, 0.4) is 0 Å². The number of amides is 1. The van der Waals surface area contributed by atoms with Crippen LogP contribution in [0.4, 0.5) is 28.0 Å². The van der Waals surface area contributed by atoms with Crippen LogP contribution >= 0.6 is 0 Å². The molecule has 0 bridgehead atoms. The molecule has 1 saturated heterocycles. The van der Waals surface area contributed by atoms with Crippen LogP contribution in [0, 0.1) is 11.6 Å². The first kappa shape index (κ1) is 21.8. The first-order chi connectivity index (χ1) is 14.2. The topological polar surface area (TPSA) is 85.7 Å². The van der Waals surface area contributed by atoms with Gasteiger partial charge in [-0.1, -0.05) is 0 Å². The number of alkyl halides is 2. The van der Waals surface area contributed by atoms with Gasteiger partial charge in [0.25, 0.3) is 0 Å². The van der Waals surface area contributed by atoms with Crippen molar-refractivity contribution in [1.82, 2.24) is 10.3 Å². The molecule has 10 heteroatoms. The number of nitrogens with zero attached hydrogens (tertiary/aromatic N) is 2. The molecule has 1 aliphatic heterocycles. The third kappa shape index (κ3) is 4.81. The number of carboxylic acid groups (broad SMARTS) is 1. The maximum Gasteiger partial charge on any atom is 0.405 e. The minimum Gasteiger partial charge on any atom is -0.465 e. The van der Waals surface area contributed by atoms with Gasteiger partial charge in [0.15, 0.2) is 11.6 Å². The van der Waals surface area contributed by atoms with Crippen LogP contribution in [-0.4, -0.2) is 46.3 Å². The van der Waals surface area contributed by atoms with E-state index in [0.717, 1.165) is 12.1 Å². The van der Waals surface area contributed by atoms with Gasteiger partial charge < -0.3 is 20.4 Å². The lowest BCUT2D eigenvalue weighted by atomic mass is 9.85. The number of aliphatic hydroxyl groups is 1. The van der Waals surface area contributed by atoms with Crippen molar-refractivity contribution in [3.05, 3.63) is 47.7 Å². The number of pyridine rings is 1. The third-order valence-electron chi connectivity index (χ3n) is 5.19. The molecule has 6 nitrogen and oxygen atoms in total. The fraction of sp³-hybridized carbons (Fsp3) is 0.400. The second kappa shape index (κ2) is 8.86. The highest BCUT2D eigenvalue weighted by Gasteiger charge is 2.40. The van der Waals surface area contributed by atoms with E-state index in [1.807, 2.05) is 0 Å². The van der Waals surface area contributed by atoms with Gasteiger partial charge in [0.2, 0.25) is 6.43 Å². The maximum atomic E-state index is 13.5. The van der Waals surface area contributed by atoms with Crippen molar-refractivity contribution in [3.8, 4) is 11.3 Å². The van der Waals surface area contributed by atoms with Gasteiger partial charge in [0.05, 0.1) is 29.7 Å². The van der Waals surface area contributed by atoms with Crippen LogP contribution in [0.2, 0.25) is 0 Å². The van der Waals surface area contributed by atoms with E-state index in [9.17, 15) is 27.5 Å². The summed E-state index contributed by atoms with van der Waals surface area (Å²) in [6.07, 6.45) is -2.57. The van der Waals surface area contributed by atoms with Crippen molar-refractivity contribution in [2.45, 2.75) is 37.8 Å². The molecule has 30 heavy (non-hydrogen) atoms. The van der Waals surface area contributed by atoms with Crippen molar-refractivity contribution in [1.29, 1.82) is 0 Å². The van der Waals surface area contributed by atoms with E-state index in [1.54, 1.807) is 4.90 Å². The Bertz CT molecular complexity index is 928. The normalized spacial score (nSPS) is 19.2. The van der Waals surface area contributed by atoms with Crippen LogP contribution in [0.25, 0.3) is 11.3 Å². The molecule has 0 radical (unpaired) electrons. The summed E-state index contributed by atoms with van der Waals surface area (Å²) < 4.78 is 53.0. The summed E-state index contributed by atoms with van der Waals surface area (Å²) in [4.78, 5) is 17.1. The minimum absolute atomic E-state index is 0.0111. The molecule has 1 aliphatic rings. The minimum atomic E-state index is -2.69. The first-order valence-electron chi connectivity index (χ1n) is 9.32. The quantitative estimate of drug-likeness (QED) is 0.611. The molecule has 1 amide bonds. The Labute approximate surface area is 170 Å². The summed E-state index contributed by atoms with van der Waals surface area (Å²) in [5.41, 5.74) is 0.167. The predicted octanol–water partition coefficient (Wildman–Crippen LogP) is 3.78. The van der Waals surface area contributed by atoms with E-state index in [-0.39, 0.29) is 13.0 Å². The summed E-state index contributed by atoms with van der Waals surface area (Å²) in [5.74, 6) is -2.02.